The van der Waals surface area contributed by atoms with Crippen molar-refractivity contribution < 1.29 is 22.7 Å². The molecule has 1 aromatic heterocycles. The van der Waals surface area contributed by atoms with E-state index < -0.39 is 24.4 Å². The second-order valence-electron chi connectivity index (χ2n) is 5.18. The lowest BCUT2D eigenvalue weighted by molar-refractivity contribution is -0.142. The van der Waals surface area contributed by atoms with E-state index in [1.165, 1.54) is 18.2 Å². The third-order valence-corrected chi connectivity index (χ3v) is 3.47. The molecule has 0 amide bonds. The molecular formula is C17H13F3N2O2. The van der Waals surface area contributed by atoms with Crippen molar-refractivity contribution >= 4 is 22.5 Å². The van der Waals surface area contributed by atoms with Crippen LogP contribution in [0.25, 0.3) is 10.9 Å². The zero-order valence-electron chi connectivity index (χ0n) is 12.4. The summed E-state index contributed by atoms with van der Waals surface area (Å²) in [6, 6.07) is 13.5. The number of alkyl halides is 3. The quantitative estimate of drug-likeness (QED) is 0.738. The van der Waals surface area contributed by atoms with Crippen LogP contribution < -0.4 is 10.5 Å². The molecule has 1 heterocycles. The number of carbonyl (C=O) groups is 1. The number of rotatable bonds is 3. The van der Waals surface area contributed by atoms with Gasteiger partial charge in [-0.2, -0.15) is 13.2 Å². The van der Waals surface area contributed by atoms with E-state index in [9.17, 15) is 18.0 Å². The Morgan fingerprint density at radius 1 is 1.08 bits per heavy atom. The molecule has 24 heavy (non-hydrogen) atoms. The van der Waals surface area contributed by atoms with Gasteiger partial charge < -0.3 is 10.5 Å². The Hall–Kier alpha value is -2.96. The Morgan fingerprint density at radius 2 is 1.79 bits per heavy atom. The molecule has 0 atom stereocenters. The molecule has 0 spiro atoms. The van der Waals surface area contributed by atoms with E-state index in [0.717, 1.165) is 6.07 Å². The number of aromatic nitrogens is 1. The second kappa shape index (κ2) is 5.92. The van der Waals surface area contributed by atoms with Gasteiger partial charge >= 0.3 is 6.18 Å². The summed E-state index contributed by atoms with van der Waals surface area (Å²) in [6.07, 6.45) is -4.67. The molecule has 0 saturated heterocycles. The van der Waals surface area contributed by atoms with Crippen LogP contribution in [-0.4, -0.2) is 17.1 Å². The van der Waals surface area contributed by atoms with Gasteiger partial charge in [0.15, 0.2) is 6.61 Å². The zero-order valence-corrected chi connectivity index (χ0v) is 12.4. The van der Waals surface area contributed by atoms with E-state index in [1.807, 2.05) is 0 Å². The number of para-hydroxylation sites is 1. The third kappa shape index (κ3) is 3.05. The lowest BCUT2D eigenvalue weighted by Gasteiger charge is -2.12. The fourth-order valence-corrected chi connectivity index (χ4v) is 2.44. The number of halogens is 3. The molecule has 124 valence electrons. The standard InChI is InChI=1S/C17H13F3N2O2/c18-17(19,20)15-9-11-8-12(21)6-7-14(11)22(15)16(23)10-24-13-4-2-1-3-5-13/h1-9H,10,21H2. The van der Waals surface area contributed by atoms with E-state index in [4.69, 9.17) is 10.5 Å². The molecule has 0 aliphatic rings. The van der Waals surface area contributed by atoms with Crippen molar-refractivity contribution in [1.29, 1.82) is 0 Å². The van der Waals surface area contributed by atoms with Crippen molar-refractivity contribution in [3.63, 3.8) is 0 Å². The summed E-state index contributed by atoms with van der Waals surface area (Å²) < 4.78 is 45.7. The highest BCUT2D eigenvalue weighted by molar-refractivity contribution is 5.95. The van der Waals surface area contributed by atoms with Gasteiger partial charge in [-0.3, -0.25) is 9.36 Å². The summed E-state index contributed by atoms with van der Waals surface area (Å²) in [4.78, 5) is 12.4. The topological polar surface area (TPSA) is 57.2 Å². The maximum absolute atomic E-state index is 13.3. The highest BCUT2D eigenvalue weighted by Crippen LogP contribution is 2.34. The zero-order chi connectivity index (χ0) is 17.3. The largest absolute Gasteiger partial charge is 0.484 e. The van der Waals surface area contributed by atoms with E-state index >= 15 is 0 Å². The van der Waals surface area contributed by atoms with Crippen LogP contribution in [-0.2, 0) is 6.18 Å². The molecule has 2 N–H and O–H groups in total. The maximum Gasteiger partial charge on any atom is 0.431 e. The van der Waals surface area contributed by atoms with Gasteiger partial charge in [-0.15, -0.1) is 0 Å². The minimum absolute atomic E-state index is 0.137. The number of hydrogen-bond acceptors (Lipinski definition) is 3. The van der Waals surface area contributed by atoms with Gasteiger partial charge in [0.25, 0.3) is 5.91 Å². The average molecular weight is 334 g/mol. The summed E-state index contributed by atoms with van der Waals surface area (Å²) in [5.74, 6) is -0.411. The summed E-state index contributed by atoms with van der Waals surface area (Å²) >= 11 is 0. The second-order valence-corrected chi connectivity index (χ2v) is 5.18. The van der Waals surface area contributed by atoms with E-state index in [0.29, 0.717) is 16.0 Å². The van der Waals surface area contributed by atoms with E-state index in [1.54, 1.807) is 30.3 Å². The lowest BCUT2D eigenvalue weighted by Crippen LogP contribution is -2.24. The van der Waals surface area contributed by atoms with Gasteiger partial charge in [0.2, 0.25) is 0 Å². The molecular weight excluding hydrogens is 321 g/mol. The minimum Gasteiger partial charge on any atom is -0.484 e. The number of anilines is 1. The molecule has 7 heteroatoms. The SMILES string of the molecule is Nc1ccc2c(c1)cc(C(F)(F)F)n2C(=O)COc1ccccc1. The fraction of sp³-hybridized carbons (Fsp3) is 0.118. The number of nitrogens with two attached hydrogens (primary N) is 1. The summed E-state index contributed by atoms with van der Waals surface area (Å²) in [7, 11) is 0. The van der Waals surface area contributed by atoms with Crippen LogP contribution >= 0.6 is 0 Å². The van der Waals surface area contributed by atoms with Crippen LogP contribution in [0.4, 0.5) is 18.9 Å². The number of nitrogens with zero attached hydrogens (tertiary/aromatic N) is 1. The Kier molecular flexibility index (Phi) is 3.92. The smallest absolute Gasteiger partial charge is 0.431 e. The first-order valence-corrected chi connectivity index (χ1v) is 7.05. The molecule has 0 bridgehead atoms. The molecule has 0 saturated carbocycles. The monoisotopic (exact) mass is 334 g/mol. The van der Waals surface area contributed by atoms with Crippen LogP contribution in [0.1, 0.15) is 10.5 Å². The molecule has 0 aliphatic carbocycles. The van der Waals surface area contributed by atoms with Gasteiger partial charge in [0.05, 0.1) is 5.52 Å². The first-order chi connectivity index (χ1) is 11.4. The molecule has 3 aromatic rings. The Bertz CT molecular complexity index is 886. The highest BCUT2D eigenvalue weighted by atomic mass is 19.4. The normalized spacial score (nSPS) is 11.6. The van der Waals surface area contributed by atoms with Gasteiger partial charge in [-0.05, 0) is 36.4 Å². The summed E-state index contributed by atoms with van der Waals surface area (Å²) in [5.41, 5.74) is 5.01. The van der Waals surface area contributed by atoms with Gasteiger partial charge in [-0.25, -0.2) is 0 Å². The predicted octanol–water partition coefficient (Wildman–Crippen LogP) is 3.96. The van der Waals surface area contributed by atoms with E-state index in [-0.39, 0.29) is 10.9 Å². The number of nitrogen functional groups attached to an aromatic ring is 1. The summed E-state index contributed by atoms with van der Waals surface area (Å²) in [6.45, 7) is -0.513. The fourth-order valence-electron chi connectivity index (χ4n) is 2.44. The Balaban J connectivity index is 1.98. The van der Waals surface area contributed by atoms with E-state index in [2.05, 4.69) is 0 Å². The van der Waals surface area contributed by atoms with Gasteiger partial charge in [-0.1, -0.05) is 18.2 Å². The molecule has 0 aliphatic heterocycles. The predicted molar refractivity (Wildman–Crippen MR) is 83.9 cm³/mol. The van der Waals surface area contributed by atoms with Crippen LogP contribution in [0.15, 0.2) is 54.6 Å². The molecule has 0 radical (unpaired) electrons. The Labute approximate surface area is 135 Å². The van der Waals surface area contributed by atoms with Crippen molar-refractivity contribution in [2.45, 2.75) is 6.18 Å². The molecule has 0 unspecified atom stereocenters. The number of benzene rings is 2. The maximum atomic E-state index is 13.3. The van der Waals surface area contributed by atoms with Crippen molar-refractivity contribution in [3.8, 4) is 5.75 Å². The van der Waals surface area contributed by atoms with Crippen molar-refractivity contribution in [1.82, 2.24) is 4.57 Å². The minimum atomic E-state index is -4.67. The summed E-state index contributed by atoms with van der Waals surface area (Å²) in [5, 5.41) is 0.246. The van der Waals surface area contributed by atoms with Crippen LogP contribution in [0.3, 0.4) is 0 Å². The lowest BCUT2D eigenvalue weighted by atomic mass is 10.2. The van der Waals surface area contributed by atoms with Gasteiger partial charge in [0, 0.05) is 11.1 Å². The van der Waals surface area contributed by atoms with Gasteiger partial charge in [0.1, 0.15) is 11.4 Å². The highest BCUT2D eigenvalue weighted by Gasteiger charge is 2.37. The number of carbonyl (C=O) groups excluding carboxylic acids is 1. The average Bonchev–Trinajstić information content (AvgIpc) is 2.92. The van der Waals surface area contributed by atoms with Crippen molar-refractivity contribution in [2.24, 2.45) is 0 Å². The Morgan fingerprint density at radius 3 is 2.46 bits per heavy atom. The molecule has 3 rings (SSSR count). The molecule has 4 nitrogen and oxygen atoms in total. The molecule has 0 fully saturated rings. The van der Waals surface area contributed by atoms with Crippen LogP contribution in [0, 0.1) is 0 Å². The first-order valence-electron chi connectivity index (χ1n) is 7.05. The third-order valence-electron chi connectivity index (χ3n) is 3.47. The van der Waals surface area contributed by atoms with Crippen LogP contribution in [0.5, 0.6) is 5.75 Å². The van der Waals surface area contributed by atoms with Crippen LogP contribution in [0.2, 0.25) is 0 Å². The molecule has 2 aromatic carbocycles. The number of hydrogen-bond donors (Lipinski definition) is 1. The first kappa shape index (κ1) is 15.9. The van der Waals surface area contributed by atoms with Crippen molar-refractivity contribution in [2.75, 3.05) is 12.3 Å². The van der Waals surface area contributed by atoms with Crippen molar-refractivity contribution in [3.05, 3.63) is 60.3 Å². The number of ether oxygens (including phenoxy) is 1. The number of fused-ring (bicyclic) bond motifs is 1.